The lowest BCUT2D eigenvalue weighted by Crippen LogP contribution is -2.30. The van der Waals surface area contributed by atoms with E-state index >= 15 is 0 Å². The summed E-state index contributed by atoms with van der Waals surface area (Å²) in [5.74, 6) is 0. The number of pyridine rings is 1. The van der Waals surface area contributed by atoms with Crippen LogP contribution in [0.5, 0.6) is 0 Å². The Balaban J connectivity index is 1.58. The molecule has 196 valence electrons. The molecule has 0 saturated carbocycles. The van der Waals surface area contributed by atoms with Gasteiger partial charge in [-0.25, -0.2) is 4.57 Å². The summed E-state index contributed by atoms with van der Waals surface area (Å²) >= 11 is 0. The minimum Gasteiger partial charge on any atom is -0.454 e. The Kier molecular flexibility index (Phi) is 6.28. The minimum atomic E-state index is 0.209. The lowest BCUT2D eigenvalue weighted by Gasteiger charge is -2.18. The minimum absolute atomic E-state index is 0.209. The zero-order valence-corrected chi connectivity index (χ0v) is 23.7. The zero-order chi connectivity index (χ0) is 28.0. The van der Waals surface area contributed by atoms with Gasteiger partial charge in [-0.05, 0) is 58.7 Å². The molecule has 0 N–H and O–H groups in total. The number of nitriles is 1. The van der Waals surface area contributed by atoms with Crippen LogP contribution in [0.15, 0.2) is 102 Å². The third-order valence-corrected chi connectivity index (χ3v) is 7.63. The quantitative estimate of drug-likeness (QED) is 0.217. The predicted molar refractivity (Wildman–Crippen MR) is 164 cm³/mol. The number of nitrogens with zero attached hydrogens (tertiary/aromatic N) is 2. The van der Waals surface area contributed by atoms with E-state index in [-0.39, 0.29) is 5.41 Å². The topological polar surface area (TPSA) is 40.8 Å². The van der Waals surface area contributed by atoms with E-state index in [0.29, 0.717) is 5.56 Å². The van der Waals surface area contributed by atoms with Crippen molar-refractivity contribution in [2.75, 3.05) is 0 Å². The molecular weight excluding hydrogens is 488 g/mol. The Morgan fingerprint density at radius 3 is 2.10 bits per heavy atom. The van der Waals surface area contributed by atoms with Crippen LogP contribution in [0.4, 0.5) is 0 Å². The fourth-order valence-corrected chi connectivity index (χ4v) is 5.73. The lowest BCUT2D eigenvalue weighted by molar-refractivity contribution is -0.660. The molecule has 40 heavy (non-hydrogen) atoms. The zero-order valence-electron chi connectivity index (χ0n) is 23.7. The average Bonchev–Trinajstić information content (AvgIpc) is 3.32. The average molecular weight is 522 g/mol. The first kappa shape index (κ1) is 25.6. The van der Waals surface area contributed by atoms with Gasteiger partial charge in [0.15, 0.2) is 6.20 Å². The Morgan fingerprint density at radius 2 is 1.43 bits per heavy atom. The number of hydrogen-bond donors (Lipinski definition) is 0. The first-order valence-electron chi connectivity index (χ1n) is 13.8. The molecule has 4 aromatic carbocycles. The van der Waals surface area contributed by atoms with Crippen molar-refractivity contribution < 1.29 is 8.98 Å². The monoisotopic (exact) mass is 521 g/mol. The summed E-state index contributed by atoms with van der Waals surface area (Å²) in [6.07, 6.45) is 3.10. The molecule has 6 aromatic rings. The van der Waals surface area contributed by atoms with E-state index in [2.05, 4.69) is 124 Å². The highest BCUT2D eigenvalue weighted by Crippen LogP contribution is 2.42. The summed E-state index contributed by atoms with van der Waals surface area (Å²) in [7, 11) is 2.07. The number of benzene rings is 4. The molecule has 0 unspecified atom stereocenters. The second-order valence-corrected chi connectivity index (χ2v) is 11.9. The summed E-state index contributed by atoms with van der Waals surface area (Å²) in [6, 6.07) is 34.1. The molecule has 0 aliphatic carbocycles. The number of fused-ring (bicyclic) bond motifs is 3. The molecule has 6 rings (SSSR count). The Morgan fingerprint density at radius 1 is 0.750 bits per heavy atom. The van der Waals surface area contributed by atoms with E-state index in [0.717, 1.165) is 61.9 Å². The van der Waals surface area contributed by atoms with Gasteiger partial charge in [-0.2, -0.15) is 5.26 Å². The van der Waals surface area contributed by atoms with Gasteiger partial charge in [-0.15, -0.1) is 0 Å². The number of aromatic nitrogens is 1. The van der Waals surface area contributed by atoms with Crippen LogP contribution in [0.25, 0.3) is 55.4 Å². The Labute approximate surface area is 236 Å². The molecule has 2 aromatic heterocycles. The normalized spacial score (nSPS) is 11.7. The van der Waals surface area contributed by atoms with Crippen LogP contribution in [0.2, 0.25) is 0 Å². The fourth-order valence-electron chi connectivity index (χ4n) is 5.73. The number of aryl methyl sites for hydroxylation is 2. The molecular formula is C37H33N2O+. The van der Waals surface area contributed by atoms with Gasteiger partial charge in [-0.1, -0.05) is 87.5 Å². The first-order valence-corrected chi connectivity index (χ1v) is 13.8. The van der Waals surface area contributed by atoms with E-state index in [1.807, 2.05) is 18.2 Å². The molecule has 0 radical (unpaired) electrons. The van der Waals surface area contributed by atoms with Crippen LogP contribution in [0.1, 0.15) is 37.5 Å². The van der Waals surface area contributed by atoms with Gasteiger partial charge in [-0.3, -0.25) is 0 Å². The first-order chi connectivity index (χ1) is 19.2. The number of hydrogen-bond acceptors (Lipinski definition) is 2. The molecule has 0 bridgehead atoms. The van der Waals surface area contributed by atoms with Crippen molar-refractivity contribution in [1.29, 1.82) is 5.26 Å². The molecule has 0 aliphatic rings. The van der Waals surface area contributed by atoms with Gasteiger partial charge < -0.3 is 4.42 Å². The third-order valence-electron chi connectivity index (χ3n) is 7.63. The fraction of sp³-hybridized carbons (Fsp3) is 0.189. The highest BCUT2D eigenvalue weighted by atomic mass is 16.3. The van der Waals surface area contributed by atoms with Crippen LogP contribution in [0.3, 0.4) is 0 Å². The summed E-state index contributed by atoms with van der Waals surface area (Å²) < 4.78 is 8.94. The summed E-state index contributed by atoms with van der Waals surface area (Å²) in [4.78, 5) is 0. The maximum absolute atomic E-state index is 10.1. The van der Waals surface area contributed by atoms with E-state index < -0.39 is 0 Å². The molecule has 3 heteroatoms. The number of furan rings is 1. The summed E-state index contributed by atoms with van der Waals surface area (Å²) in [6.45, 7) is 8.88. The standard InChI is InChI=1S/C37H33N2O/c1-24-11-17-30-31-18-16-29(23-38)34(27-14-12-25(13-15-27)22-37(2,3)4)36(31)40-35(30)33(24)32-21-28(19-20-39(32)5)26-9-7-6-8-10-26/h6-21H,22H2,1-5H3/q+1. The second kappa shape index (κ2) is 9.81. The van der Waals surface area contributed by atoms with Crippen LogP contribution >= 0.6 is 0 Å². The van der Waals surface area contributed by atoms with Crippen molar-refractivity contribution in [2.24, 2.45) is 12.5 Å². The SMILES string of the molecule is Cc1ccc2c(oc3c(-c4ccc(CC(C)(C)C)cc4)c(C#N)ccc32)c1-c1cc(-c2ccccc2)cc[n+]1C. The van der Waals surface area contributed by atoms with E-state index in [9.17, 15) is 5.26 Å². The molecule has 3 nitrogen and oxygen atoms in total. The lowest BCUT2D eigenvalue weighted by atomic mass is 9.87. The van der Waals surface area contributed by atoms with E-state index in [4.69, 9.17) is 4.42 Å². The van der Waals surface area contributed by atoms with Crippen LogP contribution in [-0.2, 0) is 13.5 Å². The molecule has 0 saturated heterocycles. The molecule has 0 amide bonds. The molecule has 0 atom stereocenters. The largest absolute Gasteiger partial charge is 0.454 e. The highest BCUT2D eigenvalue weighted by Gasteiger charge is 2.24. The third kappa shape index (κ3) is 4.56. The van der Waals surface area contributed by atoms with Gasteiger partial charge >= 0.3 is 0 Å². The summed E-state index contributed by atoms with van der Waals surface area (Å²) in [5.41, 5.74) is 11.2. The van der Waals surface area contributed by atoms with Crippen LogP contribution < -0.4 is 4.57 Å². The van der Waals surface area contributed by atoms with Gasteiger partial charge in [0.2, 0.25) is 5.69 Å². The van der Waals surface area contributed by atoms with Crippen molar-refractivity contribution in [1.82, 2.24) is 0 Å². The molecule has 0 spiro atoms. The maximum Gasteiger partial charge on any atom is 0.216 e. The van der Waals surface area contributed by atoms with E-state index in [1.54, 1.807) is 0 Å². The predicted octanol–water partition coefficient (Wildman–Crippen LogP) is 9.18. The van der Waals surface area contributed by atoms with Gasteiger partial charge in [0.25, 0.3) is 0 Å². The van der Waals surface area contributed by atoms with Crippen molar-refractivity contribution in [3.05, 3.63) is 114 Å². The number of rotatable bonds is 4. The Hall–Kier alpha value is -4.68. The highest BCUT2D eigenvalue weighted by molar-refractivity contribution is 6.14. The smallest absolute Gasteiger partial charge is 0.216 e. The van der Waals surface area contributed by atoms with E-state index in [1.165, 1.54) is 11.1 Å². The summed E-state index contributed by atoms with van der Waals surface area (Å²) in [5, 5.41) is 12.1. The van der Waals surface area contributed by atoms with Gasteiger partial charge in [0.05, 0.1) is 17.2 Å². The molecule has 0 fully saturated rings. The molecule has 0 aliphatic heterocycles. The van der Waals surface area contributed by atoms with Crippen molar-refractivity contribution in [2.45, 2.75) is 34.1 Å². The van der Waals surface area contributed by atoms with Crippen molar-refractivity contribution in [3.63, 3.8) is 0 Å². The molecule has 2 heterocycles. The van der Waals surface area contributed by atoms with Crippen molar-refractivity contribution >= 4 is 21.9 Å². The maximum atomic E-state index is 10.1. The van der Waals surface area contributed by atoms with Crippen LogP contribution in [0, 0.1) is 23.7 Å². The van der Waals surface area contributed by atoms with Crippen molar-refractivity contribution in [3.8, 4) is 39.6 Å². The Bertz CT molecular complexity index is 1910. The van der Waals surface area contributed by atoms with Crippen LogP contribution in [-0.4, -0.2) is 0 Å². The van der Waals surface area contributed by atoms with Gasteiger partial charge in [0.1, 0.15) is 18.2 Å². The second-order valence-electron chi connectivity index (χ2n) is 11.9. The van der Waals surface area contributed by atoms with Gasteiger partial charge in [0, 0.05) is 28.5 Å².